The number of hydrogen-bond donors (Lipinski definition) is 2. The van der Waals surface area contributed by atoms with Crippen LogP contribution in [0.15, 0.2) is 182 Å². The van der Waals surface area contributed by atoms with Crippen LogP contribution in [0.25, 0.3) is 27.8 Å². The van der Waals surface area contributed by atoms with Crippen LogP contribution in [0, 0.1) is 5.41 Å². The summed E-state index contributed by atoms with van der Waals surface area (Å²) < 4.78 is 0. The molecular weight excluding hydrogens is 635 g/mol. The number of rotatable bonds is 4. The molecule has 0 bridgehead atoms. The summed E-state index contributed by atoms with van der Waals surface area (Å²) in [5.74, 6) is 0.770. The van der Waals surface area contributed by atoms with Crippen molar-refractivity contribution in [2.75, 3.05) is 29.9 Å². The molecule has 0 fully saturated rings. The highest BCUT2D eigenvalue weighted by molar-refractivity contribution is 6.09. The number of anilines is 2. The Morgan fingerprint density at radius 3 is 1.88 bits per heavy atom. The Kier molecular flexibility index (Phi) is 10.2. The molecule has 0 saturated carbocycles. The van der Waals surface area contributed by atoms with E-state index in [1.807, 2.05) is 66.6 Å². The Labute approximate surface area is 307 Å². The average Bonchev–Trinajstić information content (AvgIpc) is 3.21. The van der Waals surface area contributed by atoms with Crippen molar-refractivity contribution in [2.45, 2.75) is 12.8 Å². The topological polar surface area (TPSA) is 54.7 Å². The van der Waals surface area contributed by atoms with Gasteiger partial charge in [0.1, 0.15) is 5.84 Å². The zero-order valence-electron chi connectivity index (χ0n) is 29.6. The van der Waals surface area contributed by atoms with Crippen molar-refractivity contribution in [3.05, 3.63) is 199 Å². The third kappa shape index (κ3) is 7.35. The van der Waals surface area contributed by atoms with Gasteiger partial charge in [-0.2, -0.15) is 4.99 Å². The van der Waals surface area contributed by atoms with Gasteiger partial charge in [-0.05, 0) is 64.5 Å². The number of amidine groups is 1. The standard InChI is InChI=1S/C47H43N5/c1-34-25-26-35(2)43-22-11-13-24-45(43)52(47(48)50-46(49-3)39-17-8-5-9-18-39)32-31-51(44-23-12-10-21-42(34)44)41-20-14-19-40(33-41)38-29-27-37(28-30-38)36-15-6-4-7-16-36/h4-13,15-18,20-30,33H,1-2,14,19,31-32H2,3H3,(H2,48,49,50)/b26-25-. The largest absolute Gasteiger partial charge is 0.373 e. The van der Waals surface area contributed by atoms with Gasteiger partial charge in [-0.25, -0.2) is 0 Å². The Morgan fingerprint density at radius 2 is 1.21 bits per heavy atom. The van der Waals surface area contributed by atoms with Crippen molar-refractivity contribution >= 4 is 39.9 Å². The van der Waals surface area contributed by atoms with E-state index < -0.39 is 0 Å². The number of allylic oxidation sites excluding steroid dienone is 7. The van der Waals surface area contributed by atoms with Gasteiger partial charge in [0.05, 0.1) is 5.69 Å². The lowest BCUT2D eigenvalue weighted by Gasteiger charge is -2.34. The normalized spacial score (nSPS) is 15.7. The molecule has 0 atom stereocenters. The van der Waals surface area contributed by atoms with E-state index in [1.54, 1.807) is 0 Å². The Balaban J connectivity index is 1.30. The van der Waals surface area contributed by atoms with Crippen LogP contribution in [-0.4, -0.2) is 31.9 Å². The van der Waals surface area contributed by atoms with Gasteiger partial charge in [-0.15, -0.1) is 0 Å². The predicted octanol–water partition coefficient (Wildman–Crippen LogP) is 10.6. The molecule has 52 heavy (non-hydrogen) atoms. The summed E-state index contributed by atoms with van der Waals surface area (Å²) in [7, 11) is 1.84. The van der Waals surface area contributed by atoms with Crippen LogP contribution in [-0.2, 0) is 0 Å². The van der Waals surface area contributed by atoms with Crippen molar-refractivity contribution in [2.24, 2.45) is 4.99 Å². The second-order valence-electron chi connectivity index (χ2n) is 12.9. The summed E-state index contributed by atoms with van der Waals surface area (Å²) in [6, 6.07) is 46.0. The third-order valence-corrected chi connectivity index (χ3v) is 9.64. The van der Waals surface area contributed by atoms with Crippen molar-refractivity contribution in [3.8, 4) is 11.1 Å². The van der Waals surface area contributed by atoms with Crippen LogP contribution in [0.5, 0.6) is 0 Å². The molecule has 7 rings (SSSR count). The molecule has 1 aliphatic heterocycles. The van der Waals surface area contributed by atoms with Gasteiger partial charge in [-0.3, -0.25) is 5.41 Å². The van der Waals surface area contributed by atoms with E-state index in [9.17, 15) is 5.41 Å². The van der Waals surface area contributed by atoms with Gasteiger partial charge in [-0.1, -0.05) is 153 Å². The van der Waals surface area contributed by atoms with Crippen LogP contribution in [0.3, 0.4) is 0 Å². The molecule has 0 unspecified atom stereocenters. The first-order valence-corrected chi connectivity index (χ1v) is 17.8. The summed E-state index contributed by atoms with van der Waals surface area (Å²) in [5.41, 5.74) is 12.7. The zero-order valence-corrected chi connectivity index (χ0v) is 29.6. The molecule has 5 aromatic carbocycles. The van der Waals surface area contributed by atoms with Crippen molar-refractivity contribution in [3.63, 3.8) is 0 Å². The fourth-order valence-electron chi connectivity index (χ4n) is 6.91. The van der Waals surface area contributed by atoms with Crippen LogP contribution in [0.1, 0.15) is 35.1 Å². The molecular formula is C47H43N5. The van der Waals surface area contributed by atoms with Crippen molar-refractivity contribution in [1.82, 2.24) is 5.32 Å². The van der Waals surface area contributed by atoms with E-state index >= 15 is 0 Å². The summed E-state index contributed by atoms with van der Waals surface area (Å²) in [5, 5.41) is 12.7. The van der Waals surface area contributed by atoms with Crippen molar-refractivity contribution in [1.29, 1.82) is 5.41 Å². The van der Waals surface area contributed by atoms with E-state index in [2.05, 4.69) is 127 Å². The number of para-hydroxylation sites is 2. The fourth-order valence-corrected chi connectivity index (χ4v) is 6.91. The van der Waals surface area contributed by atoms with Crippen LogP contribution >= 0.6 is 0 Å². The van der Waals surface area contributed by atoms with Crippen LogP contribution in [0.2, 0.25) is 0 Å². The maximum absolute atomic E-state index is 9.46. The molecule has 5 aromatic rings. The van der Waals surface area contributed by atoms with Gasteiger partial charge >= 0.3 is 0 Å². The number of guanidine groups is 1. The number of hydrogen-bond acceptors (Lipinski definition) is 2. The molecule has 1 heterocycles. The first-order chi connectivity index (χ1) is 25.5. The minimum absolute atomic E-state index is 0.138. The second kappa shape index (κ2) is 15.6. The Bertz CT molecular complexity index is 2220. The number of fused-ring (bicyclic) bond motifs is 2. The van der Waals surface area contributed by atoms with E-state index in [1.165, 1.54) is 22.3 Å². The first-order valence-electron chi connectivity index (χ1n) is 17.8. The smallest absolute Gasteiger partial charge is 0.224 e. The molecule has 256 valence electrons. The monoisotopic (exact) mass is 677 g/mol. The minimum atomic E-state index is 0.138. The van der Waals surface area contributed by atoms with Gasteiger partial charge in [0.25, 0.3) is 0 Å². The highest BCUT2D eigenvalue weighted by Crippen LogP contribution is 2.37. The highest BCUT2D eigenvalue weighted by atomic mass is 15.3. The number of nitrogens with one attached hydrogen (secondary N) is 2. The van der Waals surface area contributed by atoms with E-state index in [-0.39, 0.29) is 5.96 Å². The molecule has 2 N–H and O–H groups in total. The van der Waals surface area contributed by atoms with E-state index in [4.69, 9.17) is 4.99 Å². The molecule has 0 spiro atoms. The first kappa shape index (κ1) is 34.0. The fraction of sp³-hybridized carbons (Fsp3) is 0.106. The maximum atomic E-state index is 9.46. The van der Waals surface area contributed by atoms with Crippen LogP contribution in [0.4, 0.5) is 11.4 Å². The minimum Gasteiger partial charge on any atom is -0.373 e. The molecule has 5 nitrogen and oxygen atoms in total. The van der Waals surface area contributed by atoms with E-state index in [0.717, 1.165) is 57.8 Å². The third-order valence-electron chi connectivity index (χ3n) is 9.64. The lowest BCUT2D eigenvalue weighted by atomic mass is 9.93. The molecule has 0 saturated heterocycles. The second-order valence-corrected chi connectivity index (χ2v) is 12.9. The average molecular weight is 678 g/mol. The van der Waals surface area contributed by atoms with Gasteiger partial charge < -0.3 is 15.1 Å². The van der Waals surface area contributed by atoms with E-state index in [0.29, 0.717) is 18.9 Å². The maximum Gasteiger partial charge on any atom is 0.224 e. The number of nitrogens with zero attached hydrogens (tertiary/aromatic N) is 3. The Hall–Kier alpha value is -6.46. The number of benzene rings is 5. The predicted molar refractivity (Wildman–Crippen MR) is 222 cm³/mol. The lowest BCUT2D eigenvalue weighted by Crippen LogP contribution is -2.39. The molecule has 2 aliphatic rings. The van der Waals surface area contributed by atoms with Crippen LogP contribution < -0.4 is 15.1 Å². The summed E-state index contributed by atoms with van der Waals surface area (Å²) >= 11 is 0. The number of aliphatic imine (C=N–C) groups is 1. The SMILES string of the molecule is C=C1/C=C\C(=C)c2ccccc2N(C2=CCCC(c3ccc(-c4ccccc4)cc3)=C2)CCN(C(=N)/N=C(\NC)c2ccccc2)c2ccccc21. The molecule has 5 heteroatoms. The van der Waals surface area contributed by atoms with Gasteiger partial charge in [0, 0.05) is 48.2 Å². The van der Waals surface area contributed by atoms with Crippen molar-refractivity contribution < 1.29 is 0 Å². The summed E-state index contributed by atoms with van der Waals surface area (Å²) in [6.45, 7) is 10.0. The van der Waals surface area contributed by atoms with Gasteiger partial charge in [0.2, 0.25) is 5.96 Å². The lowest BCUT2D eigenvalue weighted by molar-refractivity contribution is 0.856. The molecule has 1 aliphatic carbocycles. The van der Waals surface area contributed by atoms with Gasteiger partial charge in [0.15, 0.2) is 0 Å². The zero-order chi connectivity index (χ0) is 35.9. The molecule has 0 aromatic heterocycles. The molecule has 0 amide bonds. The summed E-state index contributed by atoms with van der Waals surface area (Å²) in [4.78, 5) is 9.24. The Morgan fingerprint density at radius 1 is 0.654 bits per heavy atom. The molecule has 0 radical (unpaired) electrons. The summed E-state index contributed by atoms with van der Waals surface area (Å²) in [6.07, 6.45) is 10.6. The highest BCUT2D eigenvalue weighted by Gasteiger charge is 2.23. The quantitative estimate of drug-likeness (QED) is 0.147.